The molecule has 1 unspecified atom stereocenters. The summed E-state index contributed by atoms with van der Waals surface area (Å²) < 4.78 is 5.36. The Labute approximate surface area is 152 Å². The molecular weight excluding hydrogens is 347 g/mol. The topological polar surface area (TPSA) is 50.4 Å². The van der Waals surface area contributed by atoms with Gasteiger partial charge in [-0.2, -0.15) is 0 Å². The summed E-state index contributed by atoms with van der Waals surface area (Å²) in [6, 6.07) is 13.2. The van der Waals surface area contributed by atoms with E-state index in [0.29, 0.717) is 28.0 Å². The number of hydrazine groups is 1. The first kappa shape index (κ1) is 18.6. The van der Waals surface area contributed by atoms with Crippen LogP contribution < -0.4 is 15.6 Å². The Morgan fingerprint density at radius 3 is 2.38 bits per heavy atom. The van der Waals surface area contributed by atoms with Crippen molar-refractivity contribution in [3.8, 4) is 5.75 Å². The summed E-state index contributed by atoms with van der Waals surface area (Å²) in [5.41, 5.74) is 7.23. The number of carbonyl (C=O) groups is 1. The normalized spacial score (nSPS) is 11.8. The monoisotopic (exact) mass is 366 g/mol. The average molecular weight is 367 g/mol. The molecule has 0 heterocycles. The maximum absolute atomic E-state index is 12.2. The Bertz CT molecular complexity index is 670. The van der Waals surface area contributed by atoms with Crippen molar-refractivity contribution in [3.63, 3.8) is 0 Å². The molecule has 0 aliphatic rings. The molecule has 1 atom stereocenters. The van der Waals surface area contributed by atoms with E-state index in [1.54, 1.807) is 0 Å². The van der Waals surface area contributed by atoms with Crippen LogP contribution in [0.5, 0.6) is 5.75 Å². The summed E-state index contributed by atoms with van der Waals surface area (Å²) in [5.74, 6) is 0.0875. The van der Waals surface area contributed by atoms with Gasteiger partial charge in [0.05, 0.1) is 16.7 Å². The summed E-state index contributed by atoms with van der Waals surface area (Å²) in [4.78, 5) is 12.2. The number of carbonyl (C=O) groups excluding carboxylic acids is 1. The fraction of sp³-hybridized carbons (Fsp3) is 0.278. The number of benzene rings is 2. The molecule has 0 bridgehead atoms. The average Bonchev–Trinajstić information content (AvgIpc) is 2.56. The van der Waals surface area contributed by atoms with E-state index in [0.717, 1.165) is 6.42 Å². The zero-order chi connectivity index (χ0) is 17.5. The standard InChI is InChI=1S/C18H20Cl2N2O2/c1-3-24-17-15(19)10-14(11-16(17)20)18(23)22-21-12(2)9-13-7-5-4-6-8-13/h4-8,10-12,21H,3,9H2,1-2H3,(H,22,23). The summed E-state index contributed by atoms with van der Waals surface area (Å²) >= 11 is 12.2. The fourth-order valence-corrected chi connectivity index (χ4v) is 2.85. The Balaban J connectivity index is 1.95. The quantitative estimate of drug-likeness (QED) is 0.719. The van der Waals surface area contributed by atoms with Crippen LogP contribution >= 0.6 is 23.2 Å². The molecule has 128 valence electrons. The van der Waals surface area contributed by atoms with Gasteiger partial charge in [0.2, 0.25) is 0 Å². The van der Waals surface area contributed by atoms with Gasteiger partial charge >= 0.3 is 0 Å². The smallest absolute Gasteiger partial charge is 0.265 e. The fourth-order valence-electron chi connectivity index (χ4n) is 2.25. The number of hydrogen-bond donors (Lipinski definition) is 2. The lowest BCUT2D eigenvalue weighted by Crippen LogP contribution is -2.43. The molecular formula is C18H20Cl2N2O2. The van der Waals surface area contributed by atoms with Gasteiger partial charge < -0.3 is 4.74 Å². The minimum atomic E-state index is -0.304. The molecule has 6 heteroatoms. The highest BCUT2D eigenvalue weighted by Gasteiger charge is 2.14. The molecule has 24 heavy (non-hydrogen) atoms. The Morgan fingerprint density at radius 2 is 1.79 bits per heavy atom. The lowest BCUT2D eigenvalue weighted by Gasteiger charge is -2.15. The second-order valence-electron chi connectivity index (χ2n) is 5.39. The second kappa shape index (κ2) is 8.92. The van der Waals surface area contributed by atoms with E-state index < -0.39 is 0 Å². The molecule has 0 radical (unpaired) electrons. The van der Waals surface area contributed by atoms with E-state index >= 15 is 0 Å². The van der Waals surface area contributed by atoms with Crippen molar-refractivity contribution in [2.24, 2.45) is 0 Å². The van der Waals surface area contributed by atoms with E-state index in [1.165, 1.54) is 17.7 Å². The van der Waals surface area contributed by atoms with Gasteiger partial charge in [-0.3, -0.25) is 10.2 Å². The summed E-state index contributed by atoms with van der Waals surface area (Å²) in [7, 11) is 0. The highest BCUT2D eigenvalue weighted by Crippen LogP contribution is 2.34. The molecule has 0 aliphatic carbocycles. The predicted octanol–water partition coefficient (Wildman–Crippen LogP) is 4.26. The van der Waals surface area contributed by atoms with Crippen molar-refractivity contribution < 1.29 is 9.53 Å². The summed E-state index contributed by atoms with van der Waals surface area (Å²) in [6.07, 6.45) is 0.798. The van der Waals surface area contributed by atoms with Crippen molar-refractivity contribution in [2.75, 3.05) is 6.61 Å². The van der Waals surface area contributed by atoms with Crippen LogP contribution in [0.1, 0.15) is 29.8 Å². The first-order chi connectivity index (χ1) is 11.5. The van der Waals surface area contributed by atoms with Crippen molar-refractivity contribution in [1.82, 2.24) is 10.9 Å². The van der Waals surface area contributed by atoms with Crippen molar-refractivity contribution >= 4 is 29.1 Å². The van der Waals surface area contributed by atoms with Crippen LogP contribution in [-0.2, 0) is 6.42 Å². The first-order valence-corrected chi connectivity index (χ1v) is 8.48. The molecule has 4 nitrogen and oxygen atoms in total. The maximum Gasteiger partial charge on any atom is 0.265 e. The Kier molecular flexibility index (Phi) is 6.91. The zero-order valence-corrected chi connectivity index (χ0v) is 15.1. The highest BCUT2D eigenvalue weighted by atomic mass is 35.5. The SMILES string of the molecule is CCOc1c(Cl)cc(C(=O)NNC(C)Cc2ccccc2)cc1Cl. The van der Waals surface area contributed by atoms with Gasteiger partial charge in [0.15, 0.2) is 5.75 Å². The van der Waals surface area contributed by atoms with Crippen LogP contribution in [0.4, 0.5) is 0 Å². The largest absolute Gasteiger partial charge is 0.491 e. The number of amides is 1. The lowest BCUT2D eigenvalue weighted by molar-refractivity contribution is 0.0926. The van der Waals surface area contributed by atoms with Gasteiger partial charge in [-0.1, -0.05) is 53.5 Å². The molecule has 2 rings (SSSR count). The summed E-state index contributed by atoms with van der Waals surface area (Å²) in [6.45, 7) is 4.28. The van der Waals surface area contributed by atoms with Crippen LogP contribution in [0.3, 0.4) is 0 Å². The van der Waals surface area contributed by atoms with Gasteiger partial charge in [-0.05, 0) is 38.0 Å². The van der Waals surface area contributed by atoms with E-state index in [9.17, 15) is 4.79 Å². The minimum Gasteiger partial charge on any atom is -0.491 e. The van der Waals surface area contributed by atoms with E-state index in [-0.39, 0.29) is 11.9 Å². The van der Waals surface area contributed by atoms with Gasteiger partial charge in [-0.15, -0.1) is 0 Å². The van der Waals surface area contributed by atoms with Crippen molar-refractivity contribution in [3.05, 3.63) is 63.6 Å². The molecule has 0 saturated carbocycles. The van der Waals surface area contributed by atoms with Gasteiger partial charge in [-0.25, -0.2) is 5.43 Å². The Morgan fingerprint density at radius 1 is 1.17 bits per heavy atom. The summed E-state index contributed by atoms with van der Waals surface area (Å²) in [5, 5.41) is 0.624. The van der Waals surface area contributed by atoms with Crippen LogP contribution in [0.15, 0.2) is 42.5 Å². The molecule has 2 N–H and O–H groups in total. The number of halogens is 2. The molecule has 0 spiro atoms. The maximum atomic E-state index is 12.2. The zero-order valence-electron chi connectivity index (χ0n) is 13.6. The second-order valence-corrected chi connectivity index (χ2v) is 6.21. The predicted molar refractivity (Wildman–Crippen MR) is 97.8 cm³/mol. The van der Waals surface area contributed by atoms with E-state index in [2.05, 4.69) is 10.9 Å². The van der Waals surface area contributed by atoms with Crippen LogP contribution in [0.25, 0.3) is 0 Å². The van der Waals surface area contributed by atoms with E-state index in [4.69, 9.17) is 27.9 Å². The molecule has 2 aromatic rings. The van der Waals surface area contributed by atoms with Gasteiger partial charge in [0.25, 0.3) is 5.91 Å². The molecule has 0 aromatic heterocycles. The number of rotatable bonds is 7. The third kappa shape index (κ3) is 5.13. The molecule has 0 fully saturated rings. The van der Waals surface area contributed by atoms with Crippen molar-refractivity contribution in [1.29, 1.82) is 0 Å². The molecule has 0 aliphatic heterocycles. The van der Waals surface area contributed by atoms with Crippen LogP contribution in [0.2, 0.25) is 10.0 Å². The van der Waals surface area contributed by atoms with E-state index in [1.807, 2.05) is 44.2 Å². The van der Waals surface area contributed by atoms with Crippen molar-refractivity contribution in [2.45, 2.75) is 26.3 Å². The lowest BCUT2D eigenvalue weighted by atomic mass is 10.1. The number of nitrogens with one attached hydrogen (secondary N) is 2. The van der Waals surface area contributed by atoms with Crippen LogP contribution in [-0.4, -0.2) is 18.6 Å². The minimum absolute atomic E-state index is 0.0741. The van der Waals surface area contributed by atoms with Gasteiger partial charge in [0.1, 0.15) is 0 Å². The number of ether oxygens (including phenoxy) is 1. The third-order valence-electron chi connectivity index (χ3n) is 3.37. The first-order valence-electron chi connectivity index (χ1n) is 7.73. The Hall–Kier alpha value is -1.75. The van der Waals surface area contributed by atoms with Crippen LogP contribution in [0, 0.1) is 0 Å². The molecule has 1 amide bonds. The third-order valence-corrected chi connectivity index (χ3v) is 3.93. The highest BCUT2D eigenvalue weighted by molar-refractivity contribution is 6.37. The molecule has 0 saturated heterocycles. The molecule has 2 aromatic carbocycles. The number of hydrogen-bond acceptors (Lipinski definition) is 3. The van der Waals surface area contributed by atoms with Gasteiger partial charge in [0, 0.05) is 11.6 Å².